The zero-order valence-corrected chi connectivity index (χ0v) is 13.9. The number of nitrogens with zero attached hydrogens (tertiary/aromatic N) is 3. The highest BCUT2D eigenvalue weighted by atomic mass is 32.2. The molecule has 0 spiro atoms. The molecule has 1 aromatic heterocycles. The molecule has 0 bridgehead atoms. The van der Waals surface area contributed by atoms with Crippen LogP contribution in [0.5, 0.6) is 0 Å². The van der Waals surface area contributed by atoms with Crippen molar-refractivity contribution in [3.05, 3.63) is 12.4 Å². The Hall–Kier alpha value is -0.730. The monoisotopic (exact) mass is 319 g/mol. The van der Waals surface area contributed by atoms with E-state index in [2.05, 4.69) is 5.10 Å². The maximum absolute atomic E-state index is 12.6. The molecule has 8 heteroatoms. The number of sulfonamides is 1. The molecule has 20 heavy (non-hydrogen) atoms. The highest BCUT2D eigenvalue weighted by Gasteiger charge is 2.39. The standard InChI is InChI=1S/C12H21N3O3S2/c1-10(2)15-8-11(7-13-15)20(17,18)14-5-6-19(16)12(3,4)9-14/h7-8,10H,5-6,9H2,1-4H3/t19-/m0/s1. The van der Waals surface area contributed by atoms with E-state index in [9.17, 15) is 12.6 Å². The van der Waals surface area contributed by atoms with Crippen LogP contribution in [-0.4, -0.2) is 50.3 Å². The van der Waals surface area contributed by atoms with Gasteiger partial charge < -0.3 is 0 Å². The summed E-state index contributed by atoms with van der Waals surface area (Å²) in [6.07, 6.45) is 2.94. The second-order valence-corrected chi connectivity index (χ2v) is 10.0. The first kappa shape index (κ1) is 15.7. The number of hydrogen-bond donors (Lipinski definition) is 0. The first-order chi connectivity index (χ1) is 9.14. The summed E-state index contributed by atoms with van der Waals surface area (Å²) in [6.45, 7) is 8.12. The van der Waals surface area contributed by atoms with Crippen molar-refractivity contribution in [3.8, 4) is 0 Å². The predicted octanol–water partition coefficient (Wildman–Crippen LogP) is 0.996. The van der Waals surface area contributed by atoms with E-state index in [4.69, 9.17) is 0 Å². The Bertz CT molecular complexity index is 620. The largest absolute Gasteiger partial charge is 0.269 e. The third-order valence-electron chi connectivity index (χ3n) is 3.44. The van der Waals surface area contributed by atoms with Crippen molar-refractivity contribution in [1.29, 1.82) is 0 Å². The van der Waals surface area contributed by atoms with Gasteiger partial charge in [0.2, 0.25) is 10.0 Å². The van der Waals surface area contributed by atoms with Crippen LogP contribution < -0.4 is 0 Å². The maximum atomic E-state index is 12.6. The molecule has 114 valence electrons. The van der Waals surface area contributed by atoms with E-state index in [0.29, 0.717) is 12.3 Å². The van der Waals surface area contributed by atoms with Crippen molar-refractivity contribution in [1.82, 2.24) is 14.1 Å². The summed E-state index contributed by atoms with van der Waals surface area (Å²) in [5.41, 5.74) is 0. The number of hydrogen-bond acceptors (Lipinski definition) is 4. The summed E-state index contributed by atoms with van der Waals surface area (Å²) in [5.74, 6) is 0.380. The van der Waals surface area contributed by atoms with E-state index in [0.717, 1.165) is 0 Å². The van der Waals surface area contributed by atoms with Gasteiger partial charge in [-0.1, -0.05) is 0 Å². The van der Waals surface area contributed by atoms with Crippen LogP contribution >= 0.6 is 0 Å². The van der Waals surface area contributed by atoms with Crippen molar-refractivity contribution in [2.75, 3.05) is 18.8 Å². The second kappa shape index (κ2) is 5.23. The number of rotatable bonds is 3. The Balaban J connectivity index is 2.28. The van der Waals surface area contributed by atoms with Crippen molar-refractivity contribution < 1.29 is 12.6 Å². The Labute approximate surface area is 122 Å². The molecule has 0 aliphatic carbocycles. The molecule has 0 saturated carbocycles. The first-order valence-electron chi connectivity index (χ1n) is 6.57. The molecule has 6 nitrogen and oxygen atoms in total. The molecule has 2 heterocycles. The SMILES string of the molecule is CC(C)n1cc(S(=O)(=O)N2CC[S@](=O)C(C)(C)C2)cn1. The van der Waals surface area contributed by atoms with Crippen LogP contribution in [-0.2, 0) is 20.8 Å². The van der Waals surface area contributed by atoms with Crippen LogP contribution in [0, 0.1) is 0 Å². The van der Waals surface area contributed by atoms with Gasteiger partial charge in [0.05, 0.1) is 10.9 Å². The fourth-order valence-electron chi connectivity index (χ4n) is 2.13. The highest BCUT2D eigenvalue weighted by Crippen LogP contribution is 2.25. The molecule has 1 fully saturated rings. The van der Waals surface area contributed by atoms with Gasteiger partial charge in [0.15, 0.2) is 0 Å². The summed E-state index contributed by atoms with van der Waals surface area (Å²) in [6, 6.07) is 0.115. The summed E-state index contributed by atoms with van der Waals surface area (Å²) in [7, 11) is -4.55. The lowest BCUT2D eigenvalue weighted by Crippen LogP contribution is -2.51. The average Bonchev–Trinajstić information content (AvgIpc) is 2.82. The van der Waals surface area contributed by atoms with Gasteiger partial charge >= 0.3 is 0 Å². The predicted molar refractivity (Wildman–Crippen MR) is 78.5 cm³/mol. The number of aromatic nitrogens is 2. The molecule has 1 atom stereocenters. The molecule has 0 radical (unpaired) electrons. The summed E-state index contributed by atoms with van der Waals surface area (Å²) < 4.78 is 39.6. The summed E-state index contributed by atoms with van der Waals surface area (Å²) in [5, 5.41) is 4.08. The summed E-state index contributed by atoms with van der Waals surface area (Å²) in [4.78, 5) is 0.203. The molecular weight excluding hydrogens is 298 g/mol. The zero-order chi connectivity index (χ0) is 15.1. The van der Waals surface area contributed by atoms with Crippen molar-refractivity contribution in [2.24, 2.45) is 0 Å². The van der Waals surface area contributed by atoms with Crippen molar-refractivity contribution >= 4 is 20.8 Å². The zero-order valence-electron chi connectivity index (χ0n) is 12.2. The molecule has 0 N–H and O–H groups in total. The van der Waals surface area contributed by atoms with E-state index in [1.54, 1.807) is 10.9 Å². The van der Waals surface area contributed by atoms with E-state index in [-0.39, 0.29) is 17.5 Å². The van der Waals surface area contributed by atoms with Gasteiger partial charge in [0, 0.05) is 41.9 Å². The smallest absolute Gasteiger partial charge is 0.246 e. The maximum Gasteiger partial charge on any atom is 0.246 e. The molecule has 0 unspecified atom stereocenters. The van der Waals surface area contributed by atoms with Gasteiger partial charge in [0.1, 0.15) is 4.90 Å². The van der Waals surface area contributed by atoms with Gasteiger partial charge in [-0.05, 0) is 27.7 Å². The van der Waals surface area contributed by atoms with Gasteiger partial charge in [-0.15, -0.1) is 0 Å². The minimum atomic E-state index is -3.55. The Morgan fingerprint density at radius 1 is 1.40 bits per heavy atom. The van der Waals surface area contributed by atoms with E-state index >= 15 is 0 Å². The molecule has 1 aliphatic rings. The van der Waals surface area contributed by atoms with Crippen LogP contribution in [0.25, 0.3) is 0 Å². The fourth-order valence-corrected chi connectivity index (χ4v) is 5.11. The Morgan fingerprint density at radius 2 is 2.05 bits per heavy atom. The minimum absolute atomic E-state index is 0.115. The van der Waals surface area contributed by atoms with E-state index in [1.807, 2.05) is 27.7 Å². The van der Waals surface area contributed by atoms with Crippen LogP contribution in [0.4, 0.5) is 0 Å². The molecule has 1 aliphatic heterocycles. The third-order valence-corrected chi connectivity index (χ3v) is 7.16. The molecule has 0 aromatic carbocycles. The molecular formula is C12H21N3O3S2. The second-order valence-electron chi connectivity index (χ2n) is 5.90. The van der Waals surface area contributed by atoms with Crippen LogP contribution in [0.1, 0.15) is 33.7 Å². The fraction of sp³-hybridized carbons (Fsp3) is 0.750. The third kappa shape index (κ3) is 2.82. The molecule has 2 rings (SSSR count). The van der Waals surface area contributed by atoms with Crippen LogP contribution in [0.15, 0.2) is 17.3 Å². The minimum Gasteiger partial charge on any atom is -0.269 e. The van der Waals surface area contributed by atoms with Gasteiger partial charge in [-0.3, -0.25) is 8.89 Å². The summed E-state index contributed by atoms with van der Waals surface area (Å²) >= 11 is 0. The lowest BCUT2D eigenvalue weighted by molar-refractivity contribution is 0.378. The molecule has 1 aromatic rings. The van der Waals surface area contributed by atoms with Crippen molar-refractivity contribution in [2.45, 2.75) is 43.4 Å². The first-order valence-corrected chi connectivity index (χ1v) is 9.33. The van der Waals surface area contributed by atoms with E-state index in [1.165, 1.54) is 10.5 Å². The van der Waals surface area contributed by atoms with Gasteiger partial charge in [-0.2, -0.15) is 9.40 Å². The van der Waals surface area contributed by atoms with Crippen molar-refractivity contribution in [3.63, 3.8) is 0 Å². The van der Waals surface area contributed by atoms with Crippen LogP contribution in [0.2, 0.25) is 0 Å². The normalized spacial score (nSPS) is 24.1. The van der Waals surface area contributed by atoms with Gasteiger partial charge in [0.25, 0.3) is 0 Å². The lowest BCUT2D eigenvalue weighted by Gasteiger charge is -2.36. The average molecular weight is 319 g/mol. The van der Waals surface area contributed by atoms with E-state index < -0.39 is 25.6 Å². The quantitative estimate of drug-likeness (QED) is 0.833. The Kier molecular flexibility index (Phi) is 4.10. The lowest BCUT2D eigenvalue weighted by atomic mass is 10.2. The molecule has 0 amide bonds. The Morgan fingerprint density at radius 3 is 2.55 bits per heavy atom. The van der Waals surface area contributed by atoms with Crippen LogP contribution in [0.3, 0.4) is 0 Å². The highest BCUT2D eigenvalue weighted by molar-refractivity contribution is 7.89. The molecule has 1 saturated heterocycles. The topological polar surface area (TPSA) is 72.3 Å². The van der Waals surface area contributed by atoms with Gasteiger partial charge in [-0.25, -0.2) is 8.42 Å².